The van der Waals surface area contributed by atoms with E-state index in [0.29, 0.717) is 13.2 Å². The number of rotatable bonds is 7. The van der Waals surface area contributed by atoms with E-state index in [1.165, 1.54) is 0 Å². The Kier molecular flexibility index (Phi) is 4.99. The van der Waals surface area contributed by atoms with E-state index in [9.17, 15) is 10.2 Å². The third-order valence-corrected chi connectivity index (χ3v) is 2.95. The lowest BCUT2D eigenvalue weighted by molar-refractivity contribution is -0.00385. The molecule has 1 aliphatic rings. The Morgan fingerprint density at radius 1 is 1.40 bits per heavy atom. The van der Waals surface area contributed by atoms with E-state index in [4.69, 9.17) is 4.74 Å². The predicted molar refractivity (Wildman–Crippen MR) is 58.8 cm³/mol. The highest BCUT2D eigenvalue weighted by Gasteiger charge is 2.35. The van der Waals surface area contributed by atoms with Gasteiger partial charge < -0.3 is 20.3 Å². The molecule has 0 radical (unpaired) electrons. The van der Waals surface area contributed by atoms with Crippen LogP contribution in [0.3, 0.4) is 0 Å². The second kappa shape index (κ2) is 5.80. The molecule has 1 atom stereocenters. The zero-order valence-electron chi connectivity index (χ0n) is 9.70. The van der Waals surface area contributed by atoms with Gasteiger partial charge in [-0.1, -0.05) is 0 Å². The van der Waals surface area contributed by atoms with Crippen LogP contribution in [0.4, 0.5) is 0 Å². The van der Waals surface area contributed by atoms with Crippen LogP contribution in [0, 0.1) is 0 Å². The first kappa shape index (κ1) is 12.9. The summed E-state index contributed by atoms with van der Waals surface area (Å²) < 4.78 is 5.30. The fraction of sp³-hybridized carbons (Fsp3) is 1.00. The van der Waals surface area contributed by atoms with E-state index in [-0.39, 0.29) is 18.2 Å². The molecule has 1 saturated carbocycles. The fourth-order valence-electron chi connectivity index (χ4n) is 1.69. The highest BCUT2D eigenvalue weighted by Crippen LogP contribution is 2.30. The molecule has 3 N–H and O–H groups in total. The van der Waals surface area contributed by atoms with Crippen LogP contribution >= 0.6 is 0 Å². The van der Waals surface area contributed by atoms with E-state index in [1.807, 2.05) is 13.8 Å². The number of nitrogens with one attached hydrogen (secondary N) is 1. The minimum Gasteiger partial charge on any atom is -0.394 e. The van der Waals surface area contributed by atoms with Gasteiger partial charge >= 0.3 is 0 Å². The maximum atomic E-state index is 9.61. The molecule has 0 amide bonds. The van der Waals surface area contributed by atoms with Crippen molar-refractivity contribution in [3.63, 3.8) is 0 Å². The van der Waals surface area contributed by atoms with Gasteiger partial charge in [-0.3, -0.25) is 0 Å². The fourth-order valence-corrected chi connectivity index (χ4v) is 1.69. The number of aliphatic hydroxyl groups is 2. The molecule has 0 aromatic rings. The maximum absolute atomic E-state index is 9.61. The van der Waals surface area contributed by atoms with Crippen molar-refractivity contribution in [3.05, 3.63) is 0 Å². The summed E-state index contributed by atoms with van der Waals surface area (Å²) in [5, 5.41) is 22.0. The van der Waals surface area contributed by atoms with Crippen molar-refractivity contribution < 1.29 is 14.9 Å². The topological polar surface area (TPSA) is 61.7 Å². The molecule has 1 fully saturated rings. The van der Waals surface area contributed by atoms with E-state index >= 15 is 0 Å². The summed E-state index contributed by atoms with van der Waals surface area (Å²) in [5.74, 6) is 0. The van der Waals surface area contributed by atoms with Gasteiger partial charge in [0.1, 0.15) is 0 Å². The van der Waals surface area contributed by atoms with Crippen molar-refractivity contribution in [2.24, 2.45) is 0 Å². The molecule has 0 aromatic heterocycles. The SMILES string of the molecule is CC(C)OCC(O)CNC1(CO)CCC1. The number of ether oxygens (including phenoxy) is 1. The third-order valence-electron chi connectivity index (χ3n) is 2.95. The van der Waals surface area contributed by atoms with Crippen molar-refractivity contribution in [2.45, 2.75) is 50.9 Å². The van der Waals surface area contributed by atoms with Gasteiger partial charge in [0, 0.05) is 12.1 Å². The molecular formula is C11H23NO3. The lowest BCUT2D eigenvalue weighted by Crippen LogP contribution is -2.56. The van der Waals surface area contributed by atoms with Crippen LogP contribution in [0.1, 0.15) is 33.1 Å². The summed E-state index contributed by atoms with van der Waals surface area (Å²) >= 11 is 0. The molecule has 0 aliphatic heterocycles. The minimum absolute atomic E-state index is 0.126. The highest BCUT2D eigenvalue weighted by atomic mass is 16.5. The lowest BCUT2D eigenvalue weighted by Gasteiger charge is -2.41. The van der Waals surface area contributed by atoms with Gasteiger partial charge in [-0.25, -0.2) is 0 Å². The summed E-state index contributed by atoms with van der Waals surface area (Å²) in [7, 11) is 0. The van der Waals surface area contributed by atoms with Gasteiger partial charge in [0.15, 0.2) is 0 Å². The lowest BCUT2D eigenvalue weighted by atomic mass is 9.77. The van der Waals surface area contributed by atoms with Crippen molar-refractivity contribution in [1.29, 1.82) is 0 Å². The van der Waals surface area contributed by atoms with Crippen LogP contribution in [0.5, 0.6) is 0 Å². The molecule has 0 saturated heterocycles. The van der Waals surface area contributed by atoms with Gasteiger partial charge in [-0.15, -0.1) is 0 Å². The molecule has 1 unspecified atom stereocenters. The Morgan fingerprint density at radius 2 is 2.07 bits per heavy atom. The van der Waals surface area contributed by atoms with Crippen molar-refractivity contribution >= 4 is 0 Å². The highest BCUT2D eigenvalue weighted by molar-refractivity contribution is 4.95. The van der Waals surface area contributed by atoms with Crippen LogP contribution in [0.15, 0.2) is 0 Å². The summed E-state index contributed by atoms with van der Waals surface area (Å²) in [6.45, 7) is 4.90. The Bertz CT molecular complexity index is 175. The van der Waals surface area contributed by atoms with E-state index in [2.05, 4.69) is 5.32 Å². The first-order valence-corrected chi connectivity index (χ1v) is 5.73. The molecule has 15 heavy (non-hydrogen) atoms. The summed E-state index contributed by atoms with van der Waals surface area (Å²) in [5.41, 5.74) is -0.126. The summed E-state index contributed by atoms with van der Waals surface area (Å²) in [4.78, 5) is 0. The molecule has 1 rings (SSSR count). The number of hydrogen-bond donors (Lipinski definition) is 3. The van der Waals surface area contributed by atoms with E-state index < -0.39 is 6.10 Å². The summed E-state index contributed by atoms with van der Waals surface area (Å²) in [6, 6.07) is 0. The second-order valence-corrected chi connectivity index (χ2v) is 4.71. The Morgan fingerprint density at radius 3 is 2.47 bits per heavy atom. The van der Waals surface area contributed by atoms with Crippen molar-refractivity contribution in [2.75, 3.05) is 19.8 Å². The third kappa shape index (κ3) is 4.07. The molecule has 0 spiro atoms. The molecule has 1 aliphatic carbocycles. The molecule has 4 nitrogen and oxygen atoms in total. The van der Waals surface area contributed by atoms with Gasteiger partial charge in [-0.05, 0) is 33.1 Å². The minimum atomic E-state index is -0.489. The summed E-state index contributed by atoms with van der Waals surface area (Å²) in [6.07, 6.45) is 2.82. The monoisotopic (exact) mass is 217 g/mol. The smallest absolute Gasteiger partial charge is 0.0898 e. The van der Waals surface area contributed by atoms with E-state index in [1.54, 1.807) is 0 Å². The van der Waals surface area contributed by atoms with Crippen LogP contribution < -0.4 is 5.32 Å². The first-order chi connectivity index (χ1) is 7.08. The average Bonchev–Trinajstić information content (AvgIpc) is 2.14. The molecule has 0 heterocycles. The molecule has 90 valence electrons. The quantitative estimate of drug-likeness (QED) is 0.573. The normalized spacial score (nSPS) is 21.4. The first-order valence-electron chi connectivity index (χ1n) is 5.73. The van der Waals surface area contributed by atoms with Crippen LogP contribution in [-0.4, -0.2) is 47.7 Å². The number of aliphatic hydroxyl groups excluding tert-OH is 2. The van der Waals surface area contributed by atoms with Gasteiger partial charge in [0.25, 0.3) is 0 Å². The van der Waals surface area contributed by atoms with Gasteiger partial charge in [0.2, 0.25) is 0 Å². The van der Waals surface area contributed by atoms with E-state index in [0.717, 1.165) is 19.3 Å². The second-order valence-electron chi connectivity index (χ2n) is 4.71. The Balaban J connectivity index is 2.12. The Hall–Kier alpha value is -0.160. The zero-order chi connectivity index (χ0) is 11.3. The van der Waals surface area contributed by atoms with Crippen LogP contribution in [0.25, 0.3) is 0 Å². The van der Waals surface area contributed by atoms with Crippen LogP contribution in [-0.2, 0) is 4.74 Å². The number of β-amino-alcohol motifs (C(OH)–C–C–N with tert-alkyl or cyclic N) is 1. The molecular weight excluding hydrogens is 194 g/mol. The van der Waals surface area contributed by atoms with Crippen LogP contribution in [0.2, 0.25) is 0 Å². The molecule has 4 heteroatoms. The standard InChI is InChI=1S/C11H23NO3/c1-9(2)15-7-10(14)6-12-11(8-13)4-3-5-11/h9-10,12-14H,3-8H2,1-2H3. The molecule has 0 aromatic carbocycles. The van der Waals surface area contributed by atoms with Crippen molar-refractivity contribution in [3.8, 4) is 0 Å². The van der Waals surface area contributed by atoms with Gasteiger partial charge in [0.05, 0.1) is 25.4 Å². The van der Waals surface area contributed by atoms with Gasteiger partial charge in [-0.2, -0.15) is 0 Å². The molecule has 0 bridgehead atoms. The maximum Gasteiger partial charge on any atom is 0.0898 e. The largest absolute Gasteiger partial charge is 0.394 e. The predicted octanol–water partition coefficient (Wildman–Crippen LogP) is 0.277. The number of hydrogen-bond acceptors (Lipinski definition) is 4. The average molecular weight is 217 g/mol. The zero-order valence-corrected chi connectivity index (χ0v) is 9.70. The van der Waals surface area contributed by atoms with Crippen molar-refractivity contribution in [1.82, 2.24) is 5.32 Å². The Labute approximate surface area is 91.6 Å².